The van der Waals surface area contributed by atoms with Gasteiger partial charge in [0.15, 0.2) is 5.13 Å². The van der Waals surface area contributed by atoms with Gasteiger partial charge in [-0.15, -0.1) is 10.2 Å². The molecular weight excluding hydrogens is 440 g/mol. The van der Waals surface area contributed by atoms with Crippen LogP contribution in [0.3, 0.4) is 0 Å². The van der Waals surface area contributed by atoms with Crippen molar-refractivity contribution in [2.45, 2.75) is 25.9 Å². The Morgan fingerprint density at radius 1 is 1.29 bits per heavy atom. The average Bonchev–Trinajstić information content (AvgIpc) is 3.41. The lowest BCUT2D eigenvalue weighted by atomic mass is 10.2. The van der Waals surface area contributed by atoms with Crippen LogP contribution < -0.4 is 4.90 Å². The fraction of sp³-hybridized carbons (Fsp3) is 0.211. The Morgan fingerprint density at radius 2 is 2.21 bits per heavy atom. The van der Waals surface area contributed by atoms with Gasteiger partial charge in [-0.25, -0.2) is 4.98 Å². The number of rotatable bonds is 4. The first kappa shape index (κ1) is 17.4. The lowest BCUT2D eigenvalue weighted by Gasteiger charge is -2.19. The normalized spacial score (nSPS) is 13.0. The molecule has 0 spiro atoms. The van der Waals surface area contributed by atoms with E-state index >= 15 is 0 Å². The number of hydrogen-bond donors (Lipinski definition) is 0. The third-order valence-corrected chi connectivity index (χ3v) is 6.21. The summed E-state index contributed by atoms with van der Waals surface area (Å²) in [4.78, 5) is 24.0. The Hall–Kier alpha value is -2.65. The van der Waals surface area contributed by atoms with E-state index in [2.05, 4.69) is 31.1 Å². The predicted molar refractivity (Wildman–Crippen MR) is 110 cm³/mol. The molecule has 4 heterocycles. The number of aryl methyl sites for hydroxylation is 1. The van der Waals surface area contributed by atoms with E-state index < -0.39 is 0 Å². The highest BCUT2D eigenvalue weighted by molar-refractivity contribution is 9.10. The van der Waals surface area contributed by atoms with Gasteiger partial charge in [0.1, 0.15) is 5.82 Å². The van der Waals surface area contributed by atoms with Gasteiger partial charge >= 0.3 is 0 Å². The molecule has 1 aliphatic heterocycles. The molecule has 140 valence electrons. The minimum atomic E-state index is -0.192. The Morgan fingerprint density at radius 3 is 3.07 bits per heavy atom. The van der Waals surface area contributed by atoms with E-state index in [1.807, 2.05) is 34.9 Å². The second-order valence-electron chi connectivity index (χ2n) is 6.56. The first-order chi connectivity index (χ1) is 13.7. The Bertz CT molecular complexity index is 1170. The van der Waals surface area contributed by atoms with Crippen LogP contribution in [0.15, 0.2) is 47.2 Å². The van der Waals surface area contributed by atoms with E-state index in [1.54, 1.807) is 17.3 Å². The molecule has 0 unspecified atom stereocenters. The van der Waals surface area contributed by atoms with Crippen molar-refractivity contribution in [2.75, 3.05) is 4.90 Å². The average molecular weight is 455 g/mol. The Kier molecular flexibility index (Phi) is 4.40. The van der Waals surface area contributed by atoms with Gasteiger partial charge in [-0.1, -0.05) is 33.3 Å². The maximum atomic E-state index is 13.5. The summed E-state index contributed by atoms with van der Waals surface area (Å²) >= 11 is 4.98. The van der Waals surface area contributed by atoms with Gasteiger partial charge in [-0.05, 0) is 36.2 Å². The smallest absolute Gasteiger partial charge is 0.298 e. The van der Waals surface area contributed by atoms with E-state index in [0.717, 1.165) is 45.5 Å². The van der Waals surface area contributed by atoms with Gasteiger partial charge in [-0.2, -0.15) is 0 Å². The minimum Gasteiger partial charge on any atom is -0.307 e. The molecule has 0 bridgehead atoms. The Labute approximate surface area is 173 Å². The number of amides is 1. The fourth-order valence-corrected chi connectivity index (χ4v) is 4.85. The van der Waals surface area contributed by atoms with Crippen molar-refractivity contribution in [1.82, 2.24) is 24.7 Å². The molecule has 1 amide bonds. The molecule has 0 radical (unpaired) electrons. The standard InChI is InChI=1S/C19H15BrN6OS/c20-13-5-6-14-15(9-13)28-19(22-14)26(11-12-3-1-7-21-10-12)18(27)17-24-23-16-4-2-8-25(16)17/h1,3,5-7,9-10H,2,4,8,11H2. The predicted octanol–water partition coefficient (Wildman–Crippen LogP) is 3.84. The first-order valence-electron chi connectivity index (χ1n) is 8.88. The van der Waals surface area contributed by atoms with Crippen LogP contribution in [0.4, 0.5) is 5.13 Å². The highest BCUT2D eigenvalue weighted by atomic mass is 79.9. The summed E-state index contributed by atoms with van der Waals surface area (Å²) in [6.07, 6.45) is 5.33. The molecule has 0 aliphatic carbocycles. The number of nitrogens with zero attached hydrogens (tertiary/aromatic N) is 6. The third-order valence-electron chi connectivity index (χ3n) is 4.68. The van der Waals surface area contributed by atoms with Crippen molar-refractivity contribution >= 4 is 48.5 Å². The number of carbonyl (C=O) groups is 1. The molecule has 0 N–H and O–H groups in total. The molecule has 5 rings (SSSR count). The molecule has 0 saturated heterocycles. The molecule has 9 heteroatoms. The van der Waals surface area contributed by atoms with Gasteiger partial charge in [0.05, 0.1) is 16.8 Å². The van der Waals surface area contributed by atoms with Crippen molar-refractivity contribution in [3.05, 3.63) is 64.4 Å². The summed E-state index contributed by atoms with van der Waals surface area (Å²) in [5.74, 6) is 1.05. The number of hydrogen-bond acceptors (Lipinski definition) is 6. The molecule has 0 atom stereocenters. The minimum absolute atomic E-state index is 0.192. The summed E-state index contributed by atoms with van der Waals surface area (Å²) in [6, 6.07) is 9.72. The topological polar surface area (TPSA) is 76.8 Å². The fourth-order valence-electron chi connectivity index (χ4n) is 3.33. The van der Waals surface area contributed by atoms with Crippen LogP contribution in [0.25, 0.3) is 10.2 Å². The third kappa shape index (κ3) is 3.10. The maximum Gasteiger partial charge on any atom is 0.298 e. The van der Waals surface area contributed by atoms with Crippen molar-refractivity contribution in [3.8, 4) is 0 Å². The summed E-state index contributed by atoms with van der Waals surface area (Å²) in [5.41, 5.74) is 1.79. The number of fused-ring (bicyclic) bond motifs is 2. The van der Waals surface area contributed by atoms with Crippen LogP contribution in [-0.4, -0.2) is 30.6 Å². The highest BCUT2D eigenvalue weighted by Crippen LogP contribution is 2.32. The zero-order valence-corrected chi connectivity index (χ0v) is 17.2. The molecular formula is C19H15BrN6OS. The number of benzene rings is 1. The second-order valence-corrected chi connectivity index (χ2v) is 8.48. The van der Waals surface area contributed by atoms with Crippen LogP contribution in [0, 0.1) is 0 Å². The summed E-state index contributed by atoms with van der Waals surface area (Å²) in [6.45, 7) is 1.15. The van der Waals surface area contributed by atoms with Crippen molar-refractivity contribution in [1.29, 1.82) is 0 Å². The Balaban J connectivity index is 1.58. The first-order valence-corrected chi connectivity index (χ1v) is 10.5. The zero-order valence-electron chi connectivity index (χ0n) is 14.7. The van der Waals surface area contributed by atoms with Crippen molar-refractivity contribution in [2.24, 2.45) is 0 Å². The monoisotopic (exact) mass is 454 g/mol. The molecule has 4 aromatic rings. The molecule has 28 heavy (non-hydrogen) atoms. The van der Waals surface area contributed by atoms with E-state index in [9.17, 15) is 4.79 Å². The maximum absolute atomic E-state index is 13.5. The van der Waals surface area contributed by atoms with Crippen LogP contribution >= 0.6 is 27.3 Å². The number of pyridine rings is 1. The molecule has 1 aromatic carbocycles. The molecule has 0 saturated carbocycles. The van der Waals surface area contributed by atoms with E-state index in [-0.39, 0.29) is 5.91 Å². The van der Waals surface area contributed by atoms with E-state index in [1.165, 1.54) is 11.3 Å². The van der Waals surface area contributed by atoms with Crippen LogP contribution in [0.2, 0.25) is 0 Å². The summed E-state index contributed by atoms with van der Waals surface area (Å²) in [5, 5.41) is 8.99. The number of aromatic nitrogens is 5. The van der Waals surface area contributed by atoms with E-state index in [0.29, 0.717) is 17.5 Å². The van der Waals surface area contributed by atoms with Gasteiger partial charge in [0.2, 0.25) is 5.82 Å². The number of anilines is 1. The summed E-state index contributed by atoms with van der Waals surface area (Å²) in [7, 11) is 0. The van der Waals surface area contributed by atoms with Gasteiger partial charge in [0.25, 0.3) is 5.91 Å². The van der Waals surface area contributed by atoms with Crippen LogP contribution in [0.5, 0.6) is 0 Å². The van der Waals surface area contributed by atoms with Crippen LogP contribution in [-0.2, 0) is 19.5 Å². The quantitative estimate of drug-likeness (QED) is 0.468. The van der Waals surface area contributed by atoms with Crippen molar-refractivity contribution < 1.29 is 4.79 Å². The lowest BCUT2D eigenvalue weighted by molar-refractivity contribution is 0.0970. The molecule has 7 nitrogen and oxygen atoms in total. The lowest BCUT2D eigenvalue weighted by Crippen LogP contribution is -2.32. The molecule has 1 aliphatic rings. The highest BCUT2D eigenvalue weighted by Gasteiger charge is 2.29. The number of thiazole rings is 1. The largest absolute Gasteiger partial charge is 0.307 e. The number of halogens is 1. The van der Waals surface area contributed by atoms with E-state index in [4.69, 9.17) is 4.98 Å². The number of carbonyl (C=O) groups excluding carboxylic acids is 1. The SMILES string of the molecule is O=C(c1nnc2n1CCC2)N(Cc1cccnc1)c1nc2ccc(Br)cc2s1. The van der Waals surface area contributed by atoms with Gasteiger partial charge < -0.3 is 4.57 Å². The van der Waals surface area contributed by atoms with Gasteiger partial charge in [-0.3, -0.25) is 14.7 Å². The summed E-state index contributed by atoms with van der Waals surface area (Å²) < 4.78 is 3.91. The molecule has 3 aromatic heterocycles. The second kappa shape index (κ2) is 7.06. The van der Waals surface area contributed by atoms with Crippen LogP contribution in [0.1, 0.15) is 28.4 Å². The van der Waals surface area contributed by atoms with Gasteiger partial charge in [0, 0.05) is 29.8 Å². The van der Waals surface area contributed by atoms with Crippen molar-refractivity contribution in [3.63, 3.8) is 0 Å². The molecule has 0 fully saturated rings. The zero-order chi connectivity index (χ0) is 19.1.